The monoisotopic (exact) mass is 464 g/mol. The van der Waals surface area contributed by atoms with Crippen molar-refractivity contribution in [3.8, 4) is 0 Å². The molecule has 0 amide bonds. The van der Waals surface area contributed by atoms with Crippen molar-refractivity contribution in [1.82, 2.24) is 4.90 Å². The van der Waals surface area contributed by atoms with E-state index in [9.17, 15) is 13.2 Å². The molecule has 0 radical (unpaired) electrons. The molecule has 3 nitrogen and oxygen atoms in total. The predicted octanol–water partition coefficient (Wildman–Crippen LogP) is 6.26. The Hall–Kier alpha value is -1.12. The fraction of sp³-hybridized carbons (Fsp3) is 0.526. The number of halogens is 4. The predicted molar refractivity (Wildman–Crippen MR) is 113 cm³/mol. The van der Waals surface area contributed by atoms with E-state index in [1.54, 1.807) is 12.2 Å². The molecular weight excluding hydrogens is 437 g/mol. The SMILES string of the molecule is C=C(C)/C=C(Br)\C=C/CC1=NC(C(F)(F)F)C(=C)N1COCC[Si](C)(C)C. The lowest BCUT2D eigenvalue weighted by Gasteiger charge is -2.24. The van der Waals surface area contributed by atoms with Gasteiger partial charge in [-0.05, 0) is 19.0 Å². The van der Waals surface area contributed by atoms with Crippen LogP contribution in [0.1, 0.15) is 13.3 Å². The number of rotatable bonds is 9. The molecule has 1 unspecified atom stereocenters. The molecule has 0 saturated heterocycles. The van der Waals surface area contributed by atoms with Gasteiger partial charge in [-0.25, -0.2) is 0 Å². The Morgan fingerprint density at radius 1 is 1.37 bits per heavy atom. The highest BCUT2D eigenvalue weighted by Crippen LogP contribution is 2.34. The Kier molecular flexibility index (Phi) is 8.76. The standard InChI is InChI=1S/C19H28BrF3N2OSi/c1-14(2)12-16(20)8-7-9-17-24-18(19(21,22)23)15(3)25(17)13-26-10-11-27(4,5)6/h7-8,12,18H,1,3,9-11,13H2,2,4-6H3/b8-7-,16-12+. The summed E-state index contributed by atoms with van der Waals surface area (Å²) in [6, 6.07) is -0.961. The van der Waals surface area contributed by atoms with Crippen LogP contribution in [0.2, 0.25) is 25.7 Å². The van der Waals surface area contributed by atoms with Gasteiger partial charge >= 0.3 is 6.18 Å². The second kappa shape index (κ2) is 9.89. The molecule has 0 aromatic rings. The van der Waals surface area contributed by atoms with Crippen molar-refractivity contribution >= 4 is 29.8 Å². The van der Waals surface area contributed by atoms with Crippen molar-refractivity contribution in [2.45, 2.75) is 51.2 Å². The number of allylic oxidation sites excluding steroid dienone is 4. The van der Waals surface area contributed by atoms with Gasteiger partial charge in [0.25, 0.3) is 0 Å². The Labute approximate surface area is 169 Å². The maximum Gasteiger partial charge on any atom is 0.416 e. The Bertz CT molecular complexity index is 648. The summed E-state index contributed by atoms with van der Waals surface area (Å²) in [5.74, 6) is 0.308. The maximum absolute atomic E-state index is 13.2. The lowest BCUT2D eigenvalue weighted by atomic mass is 10.2. The van der Waals surface area contributed by atoms with E-state index in [1.807, 2.05) is 13.0 Å². The molecule has 1 aliphatic heterocycles. The first-order valence-electron chi connectivity index (χ1n) is 8.68. The van der Waals surface area contributed by atoms with Crippen LogP contribution in [-0.4, -0.2) is 44.4 Å². The second-order valence-corrected chi connectivity index (χ2v) is 14.3. The molecule has 0 spiro atoms. The van der Waals surface area contributed by atoms with Gasteiger partial charge in [0.1, 0.15) is 12.6 Å². The minimum atomic E-state index is -4.46. The fourth-order valence-corrected chi connectivity index (χ4v) is 3.62. The van der Waals surface area contributed by atoms with E-state index in [-0.39, 0.29) is 18.8 Å². The summed E-state index contributed by atoms with van der Waals surface area (Å²) in [7, 11) is -1.26. The summed E-state index contributed by atoms with van der Waals surface area (Å²) in [6.07, 6.45) is 1.14. The van der Waals surface area contributed by atoms with Crippen LogP contribution in [0.15, 0.2) is 52.1 Å². The Morgan fingerprint density at radius 3 is 2.52 bits per heavy atom. The molecule has 0 bridgehead atoms. The molecule has 1 aliphatic rings. The molecule has 0 N–H and O–H groups in total. The number of amidine groups is 1. The van der Waals surface area contributed by atoms with Crippen LogP contribution >= 0.6 is 15.9 Å². The van der Waals surface area contributed by atoms with Crippen molar-refractivity contribution in [3.63, 3.8) is 0 Å². The average Bonchev–Trinajstić information content (AvgIpc) is 2.78. The second-order valence-electron chi connectivity index (χ2n) is 7.74. The van der Waals surface area contributed by atoms with E-state index in [2.05, 4.69) is 53.7 Å². The smallest absolute Gasteiger partial charge is 0.361 e. The van der Waals surface area contributed by atoms with Crippen LogP contribution < -0.4 is 0 Å². The summed E-state index contributed by atoms with van der Waals surface area (Å²) < 4.78 is 46.1. The summed E-state index contributed by atoms with van der Waals surface area (Å²) >= 11 is 3.37. The van der Waals surface area contributed by atoms with Gasteiger partial charge in [-0.15, -0.1) is 0 Å². The van der Waals surface area contributed by atoms with Crippen molar-refractivity contribution < 1.29 is 17.9 Å². The summed E-state index contributed by atoms with van der Waals surface area (Å²) in [5, 5.41) is 0. The molecule has 1 heterocycles. The van der Waals surface area contributed by atoms with E-state index in [4.69, 9.17) is 4.74 Å². The van der Waals surface area contributed by atoms with Gasteiger partial charge in [0, 0.05) is 31.3 Å². The Morgan fingerprint density at radius 2 is 2.00 bits per heavy atom. The molecule has 1 rings (SSSR count). The highest BCUT2D eigenvalue weighted by Gasteiger charge is 2.47. The number of alkyl halides is 3. The van der Waals surface area contributed by atoms with E-state index < -0.39 is 20.3 Å². The third kappa shape index (κ3) is 8.61. The maximum atomic E-state index is 13.2. The third-order valence-corrected chi connectivity index (χ3v) is 5.94. The molecule has 0 saturated carbocycles. The molecule has 0 aromatic carbocycles. The highest BCUT2D eigenvalue weighted by molar-refractivity contribution is 9.11. The molecule has 0 aromatic heterocycles. The van der Waals surface area contributed by atoms with E-state index in [0.717, 1.165) is 16.1 Å². The van der Waals surface area contributed by atoms with E-state index >= 15 is 0 Å². The van der Waals surface area contributed by atoms with Crippen LogP contribution in [-0.2, 0) is 4.74 Å². The quantitative estimate of drug-likeness (QED) is 0.228. The van der Waals surface area contributed by atoms with Gasteiger partial charge in [-0.1, -0.05) is 66.5 Å². The summed E-state index contributed by atoms with van der Waals surface area (Å²) in [4.78, 5) is 5.28. The van der Waals surface area contributed by atoms with Gasteiger partial charge in [-0.3, -0.25) is 4.99 Å². The third-order valence-electron chi connectivity index (χ3n) is 3.74. The first-order chi connectivity index (χ1) is 12.3. The first kappa shape index (κ1) is 23.9. The molecule has 152 valence electrons. The largest absolute Gasteiger partial charge is 0.416 e. The van der Waals surface area contributed by atoms with Gasteiger partial charge in [0.2, 0.25) is 0 Å². The molecule has 8 heteroatoms. The number of hydrogen-bond donors (Lipinski definition) is 0. The van der Waals surface area contributed by atoms with Crippen LogP contribution in [0, 0.1) is 0 Å². The van der Waals surface area contributed by atoms with Crippen molar-refractivity contribution in [3.05, 3.63) is 47.1 Å². The normalized spacial score (nSPS) is 19.2. The summed E-state index contributed by atoms with van der Waals surface area (Å²) in [5.41, 5.74) is 0.781. The molecule has 27 heavy (non-hydrogen) atoms. The topological polar surface area (TPSA) is 24.8 Å². The van der Waals surface area contributed by atoms with Crippen LogP contribution in [0.25, 0.3) is 0 Å². The molecule has 1 atom stereocenters. The van der Waals surface area contributed by atoms with Gasteiger partial charge in [0.05, 0.1) is 0 Å². The Balaban J connectivity index is 2.82. The van der Waals surface area contributed by atoms with Crippen molar-refractivity contribution in [1.29, 1.82) is 0 Å². The zero-order chi connectivity index (χ0) is 20.8. The van der Waals surface area contributed by atoms with Gasteiger partial charge in [0.15, 0.2) is 6.04 Å². The van der Waals surface area contributed by atoms with Gasteiger partial charge < -0.3 is 9.64 Å². The van der Waals surface area contributed by atoms with E-state index in [1.165, 1.54) is 4.90 Å². The van der Waals surface area contributed by atoms with Gasteiger partial charge in [-0.2, -0.15) is 13.2 Å². The lowest BCUT2D eigenvalue weighted by molar-refractivity contribution is -0.139. The fourth-order valence-electron chi connectivity index (χ4n) is 2.28. The van der Waals surface area contributed by atoms with E-state index in [0.29, 0.717) is 12.4 Å². The number of ether oxygens (including phenoxy) is 1. The average molecular weight is 465 g/mol. The van der Waals surface area contributed by atoms with Crippen LogP contribution in [0.3, 0.4) is 0 Å². The van der Waals surface area contributed by atoms with Crippen molar-refractivity contribution in [2.75, 3.05) is 13.3 Å². The number of hydrogen-bond acceptors (Lipinski definition) is 3. The lowest BCUT2D eigenvalue weighted by Crippen LogP contribution is -2.34. The first-order valence-corrected chi connectivity index (χ1v) is 13.2. The minimum Gasteiger partial charge on any atom is -0.361 e. The molecular formula is C19H28BrF3N2OSi. The minimum absolute atomic E-state index is 0.0331. The summed E-state index contributed by atoms with van der Waals surface area (Å²) in [6.45, 7) is 16.5. The highest BCUT2D eigenvalue weighted by atomic mass is 79.9. The number of aliphatic imine (C=N–C) groups is 1. The molecule has 0 fully saturated rings. The van der Waals surface area contributed by atoms with Crippen LogP contribution in [0.4, 0.5) is 13.2 Å². The van der Waals surface area contributed by atoms with Crippen LogP contribution in [0.5, 0.6) is 0 Å². The number of nitrogens with zero attached hydrogens (tertiary/aromatic N) is 2. The zero-order valence-electron chi connectivity index (χ0n) is 16.4. The molecule has 0 aliphatic carbocycles. The van der Waals surface area contributed by atoms with Crippen molar-refractivity contribution in [2.24, 2.45) is 4.99 Å². The zero-order valence-corrected chi connectivity index (χ0v) is 19.0.